The molecule has 1 saturated heterocycles. The summed E-state index contributed by atoms with van der Waals surface area (Å²) in [7, 11) is 0. The van der Waals surface area contributed by atoms with Crippen molar-refractivity contribution in [3.63, 3.8) is 0 Å². The minimum absolute atomic E-state index is 0.0306. The van der Waals surface area contributed by atoms with Gasteiger partial charge in [-0.05, 0) is 13.8 Å². The number of hydrogen-bond donors (Lipinski definition) is 1. The van der Waals surface area contributed by atoms with E-state index in [-0.39, 0.29) is 17.7 Å². The number of carbonyl (C=O) groups is 1. The van der Waals surface area contributed by atoms with E-state index in [4.69, 9.17) is 4.52 Å². The molecule has 2 heterocycles. The SMILES string of the molecule is Cc1cc(CC(=O)N2CC(C)(C)C(C)(O)C2)on1. The van der Waals surface area contributed by atoms with Gasteiger partial charge < -0.3 is 14.5 Å². The number of rotatable bonds is 2. The molecule has 0 bridgehead atoms. The number of aliphatic hydroxyl groups is 1. The number of aryl methyl sites for hydroxylation is 1. The van der Waals surface area contributed by atoms with Gasteiger partial charge in [0.05, 0.1) is 17.7 Å². The van der Waals surface area contributed by atoms with E-state index in [1.54, 1.807) is 17.9 Å². The molecule has 1 aliphatic heterocycles. The first-order valence-corrected chi connectivity index (χ1v) is 6.14. The maximum Gasteiger partial charge on any atom is 0.230 e. The highest BCUT2D eigenvalue weighted by Crippen LogP contribution is 2.38. The van der Waals surface area contributed by atoms with Gasteiger partial charge in [0, 0.05) is 24.6 Å². The van der Waals surface area contributed by atoms with Crippen LogP contribution >= 0.6 is 0 Å². The molecule has 0 saturated carbocycles. The van der Waals surface area contributed by atoms with Crippen LogP contribution in [0.5, 0.6) is 0 Å². The fraction of sp³-hybridized carbons (Fsp3) is 0.692. The van der Waals surface area contributed by atoms with E-state index in [0.29, 0.717) is 18.8 Å². The second-order valence-electron chi connectivity index (χ2n) is 6.02. The minimum atomic E-state index is -0.847. The highest BCUT2D eigenvalue weighted by atomic mass is 16.5. The van der Waals surface area contributed by atoms with Crippen LogP contribution in [-0.2, 0) is 11.2 Å². The molecular formula is C13H20N2O3. The number of carbonyl (C=O) groups excluding carboxylic acids is 1. The molecule has 1 unspecified atom stereocenters. The Hall–Kier alpha value is -1.36. The number of aromatic nitrogens is 1. The summed E-state index contributed by atoms with van der Waals surface area (Å²) in [6.45, 7) is 8.47. The zero-order chi connectivity index (χ0) is 13.6. The maximum absolute atomic E-state index is 12.1. The summed E-state index contributed by atoms with van der Waals surface area (Å²) in [5.41, 5.74) is -0.369. The highest BCUT2D eigenvalue weighted by Gasteiger charge is 2.49. The van der Waals surface area contributed by atoms with Crippen molar-refractivity contribution in [3.05, 3.63) is 17.5 Å². The summed E-state index contributed by atoms with van der Waals surface area (Å²) in [5.74, 6) is 0.541. The molecule has 1 fully saturated rings. The molecular weight excluding hydrogens is 232 g/mol. The molecule has 18 heavy (non-hydrogen) atoms. The van der Waals surface area contributed by atoms with Crippen molar-refractivity contribution in [2.24, 2.45) is 5.41 Å². The van der Waals surface area contributed by atoms with Crippen molar-refractivity contribution in [1.29, 1.82) is 0 Å². The van der Waals surface area contributed by atoms with E-state index >= 15 is 0 Å². The van der Waals surface area contributed by atoms with Crippen molar-refractivity contribution < 1.29 is 14.4 Å². The lowest BCUT2D eigenvalue weighted by molar-refractivity contribution is -0.130. The largest absolute Gasteiger partial charge is 0.388 e. The van der Waals surface area contributed by atoms with Crippen molar-refractivity contribution in [2.45, 2.75) is 39.7 Å². The number of hydrogen-bond acceptors (Lipinski definition) is 4. The molecule has 0 aromatic carbocycles. The van der Waals surface area contributed by atoms with Gasteiger partial charge in [0.25, 0.3) is 0 Å². The van der Waals surface area contributed by atoms with Gasteiger partial charge in [-0.2, -0.15) is 0 Å². The van der Waals surface area contributed by atoms with Gasteiger partial charge in [0.2, 0.25) is 5.91 Å². The summed E-state index contributed by atoms with van der Waals surface area (Å²) >= 11 is 0. The minimum Gasteiger partial charge on any atom is -0.388 e. The van der Waals surface area contributed by atoms with Crippen LogP contribution in [0.1, 0.15) is 32.2 Å². The van der Waals surface area contributed by atoms with Crippen LogP contribution in [-0.4, -0.2) is 39.8 Å². The van der Waals surface area contributed by atoms with Gasteiger partial charge in [-0.15, -0.1) is 0 Å². The number of β-amino-alcohol motifs (C(OH)–C–C–N with tert-alkyl or cyclic N) is 1. The van der Waals surface area contributed by atoms with E-state index in [1.807, 2.05) is 20.8 Å². The first kappa shape index (κ1) is 13.1. The lowest BCUT2D eigenvalue weighted by Crippen LogP contribution is -2.40. The lowest BCUT2D eigenvalue weighted by Gasteiger charge is -2.30. The van der Waals surface area contributed by atoms with Gasteiger partial charge in [0.1, 0.15) is 5.76 Å². The normalized spacial score (nSPS) is 26.6. The predicted octanol–water partition coefficient (Wildman–Crippen LogP) is 1.14. The Labute approximate surface area is 107 Å². The first-order valence-electron chi connectivity index (χ1n) is 6.14. The van der Waals surface area contributed by atoms with Crippen LogP contribution in [0.4, 0.5) is 0 Å². The molecule has 0 aliphatic carbocycles. The van der Waals surface area contributed by atoms with E-state index in [2.05, 4.69) is 5.16 Å². The average molecular weight is 252 g/mol. The molecule has 1 amide bonds. The number of amides is 1. The lowest BCUT2D eigenvalue weighted by atomic mass is 9.79. The van der Waals surface area contributed by atoms with Gasteiger partial charge in [-0.25, -0.2) is 0 Å². The highest BCUT2D eigenvalue weighted by molar-refractivity contribution is 5.78. The van der Waals surface area contributed by atoms with Crippen molar-refractivity contribution >= 4 is 5.91 Å². The Kier molecular flexibility index (Phi) is 2.97. The summed E-state index contributed by atoms with van der Waals surface area (Å²) in [6.07, 6.45) is 0.201. The fourth-order valence-corrected chi connectivity index (χ4v) is 2.23. The van der Waals surface area contributed by atoms with Gasteiger partial charge in [0.15, 0.2) is 0 Å². The van der Waals surface area contributed by atoms with Crippen LogP contribution in [0.25, 0.3) is 0 Å². The quantitative estimate of drug-likeness (QED) is 0.857. The molecule has 100 valence electrons. The molecule has 1 N–H and O–H groups in total. The topological polar surface area (TPSA) is 66.6 Å². The first-order chi connectivity index (χ1) is 8.21. The number of likely N-dealkylation sites (tertiary alicyclic amines) is 1. The average Bonchev–Trinajstić information content (AvgIpc) is 2.70. The number of nitrogens with zero attached hydrogens (tertiary/aromatic N) is 2. The summed E-state index contributed by atoms with van der Waals surface area (Å²) in [4.78, 5) is 13.8. The van der Waals surface area contributed by atoms with E-state index < -0.39 is 5.60 Å². The molecule has 0 radical (unpaired) electrons. The Bertz CT molecular complexity index is 447. The van der Waals surface area contributed by atoms with Crippen molar-refractivity contribution in [3.8, 4) is 0 Å². The molecule has 0 spiro atoms. The smallest absolute Gasteiger partial charge is 0.230 e. The Morgan fingerprint density at radius 3 is 2.61 bits per heavy atom. The zero-order valence-corrected chi connectivity index (χ0v) is 11.4. The standard InChI is InChI=1S/C13H20N2O3/c1-9-5-10(18-14-9)6-11(16)15-7-12(2,3)13(4,17)8-15/h5,17H,6-8H2,1-4H3. The maximum atomic E-state index is 12.1. The molecule has 2 rings (SSSR count). The van der Waals surface area contributed by atoms with E-state index in [0.717, 1.165) is 5.69 Å². The third-order valence-corrected chi connectivity index (χ3v) is 3.90. The fourth-order valence-electron chi connectivity index (χ4n) is 2.23. The summed E-state index contributed by atoms with van der Waals surface area (Å²) in [6, 6.07) is 1.76. The predicted molar refractivity (Wildman–Crippen MR) is 65.9 cm³/mol. The molecule has 1 aromatic rings. The Morgan fingerprint density at radius 2 is 2.17 bits per heavy atom. The molecule has 5 nitrogen and oxygen atoms in total. The van der Waals surface area contributed by atoms with E-state index in [1.165, 1.54) is 0 Å². The molecule has 1 aliphatic rings. The Morgan fingerprint density at radius 1 is 1.50 bits per heavy atom. The Balaban J connectivity index is 2.04. The monoisotopic (exact) mass is 252 g/mol. The van der Waals surface area contributed by atoms with E-state index in [9.17, 15) is 9.90 Å². The molecule has 5 heteroatoms. The second-order valence-corrected chi connectivity index (χ2v) is 6.02. The van der Waals surface area contributed by atoms with Gasteiger partial charge in [-0.3, -0.25) is 4.79 Å². The molecule has 1 atom stereocenters. The molecule has 1 aromatic heterocycles. The third-order valence-electron chi connectivity index (χ3n) is 3.90. The van der Waals surface area contributed by atoms with Crippen LogP contribution in [0.15, 0.2) is 10.6 Å². The van der Waals surface area contributed by atoms with Crippen LogP contribution in [0.2, 0.25) is 0 Å². The van der Waals surface area contributed by atoms with Crippen LogP contribution in [0, 0.1) is 12.3 Å². The van der Waals surface area contributed by atoms with Gasteiger partial charge in [-0.1, -0.05) is 19.0 Å². The van der Waals surface area contributed by atoms with Crippen LogP contribution < -0.4 is 0 Å². The van der Waals surface area contributed by atoms with Gasteiger partial charge >= 0.3 is 0 Å². The zero-order valence-electron chi connectivity index (χ0n) is 11.4. The van der Waals surface area contributed by atoms with Crippen LogP contribution in [0.3, 0.4) is 0 Å². The van der Waals surface area contributed by atoms with Crippen molar-refractivity contribution in [2.75, 3.05) is 13.1 Å². The van der Waals surface area contributed by atoms with Crippen molar-refractivity contribution in [1.82, 2.24) is 10.1 Å². The summed E-state index contributed by atoms with van der Waals surface area (Å²) in [5, 5.41) is 14.0. The third kappa shape index (κ3) is 2.27. The summed E-state index contributed by atoms with van der Waals surface area (Å²) < 4.78 is 5.04. The second kappa shape index (κ2) is 4.09.